The third kappa shape index (κ3) is 3.67. The largest absolute Gasteiger partial charge is 0.356 e. The lowest BCUT2D eigenvalue weighted by Crippen LogP contribution is -2.29. The van der Waals surface area contributed by atoms with Crippen LogP contribution in [-0.4, -0.2) is 24.3 Å². The number of benzene rings is 2. The minimum atomic E-state index is -0.315. The zero-order chi connectivity index (χ0) is 18.7. The molecule has 2 aromatic carbocycles. The fourth-order valence-electron chi connectivity index (χ4n) is 2.93. The zero-order valence-corrected chi connectivity index (χ0v) is 15.0. The van der Waals surface area contributed by atoms with Crippen LogP contribution in [0.5, 0.6) is 0 Å². The van der Waals surface area contributed by atoms with E-state index in [1.165, 1.54) is 4.90 Å². The van der Waals surface area contributed by atoms with E-state index < -0.39 is 0 Å². The Kier molecular flexibility index (Phi) is 5.16. The number of hydrogen-bond acceptors (Lipinski definition) is 3. The van der Waals surface area contributed by atoms with Gasteiger partial charge in [0.05, 0.1) is 23.2 Å². The van der Waals surface area contributed by atoms with Gasteiger partial charge in [-0.15, -0.1) is 0 Å². The number of imide groups is 1. The Hall–Kier alpha value is -2.95. The predicted molar refractivity (Wildman–Crippen MR) is 100 cm³/mol. The van der Waals surface area contributed by atoms with Crippen LogP contribution in [0.4, 0.5) is 5.69 Å². The highest BCUT2D eigenvalue weighted by Gasteiger charge is 2.36. The van der Waals surface area contributed by atoms with Crippen molar-refractivity contribution in [3.8, 4) is 0 Å². The first-order valence-corrected chi connectivity index (χ1v) is 8.81. The molecule has 1 aliphatic heterocycles. The molecule has 5 heteroatoms. The quantitative estimate of drug-likeness (QED) is 0.814. The highest BCUT2D eigenvalue weighted by Crippen LogP contribution is 2.28. The van der Waals surface area contributed by atoms with Gasteiger partial charge in [-0.3, -0.25) is 14.4 Å². The molecule has 3 rings (SSSR count). The number of anilines is 1. The summed E-state index contributed by atoms with van der Waals surface area (Å²) < 4.78 is 0. The Labute approximate surface area is 153 Å². The lowest BCUT2D eigenvalue weighted by atomic mass is 10.1. The number of carbonyl (C=O) groups excluding carboxylic acids is 3. The highest BCUT2D eigenvalue weighted by molar-refractivity contribution is 6.34. The maximum absolute atomic E-state index is 12.5. The van der Waals surface area contributed by atoms with Gasteiger partial charge in [-0.1, -0.05) is 38.1 Å². The number of nitrogens with one attached hydrogen (secondary N) is 1. The van der Waals surface area contributed by atoms with Crippen LogP contribution in [0, 0.1) is 5.92 Å². The molecule has 2 aromatic rings. The Morgan fingerprint density at radius 2 is 1.54 bits per heavy atom. The van der Waals surface area contributed by atoms with Crippen LogP contribution in [0.2, 0.25) is 0 Å². The lowest BCUT2D eigenvalue weighted by Gasteiger charge is -2.14. The number of hydrogen-bond donors (Lipinski definition) is 1. The van der Waals surface area contributed by atoms with Crippen LogP contribution >= 0.6 is 0 Å². The summed E-state index contributed by atoms with van der Waals surface area (Å²) in [7, 11) is 0. The average Bonchev–Trinajstić information content (AvgIpc) is 2.87. The third-order valence-corrected chi connectivity index (χ3v) is 4.40. The summed E-state index contributed by atoms with van der Waals surface area (Å²) in [6.45, 7) is 4.90. The van der Waals surface area contributed by atoms with E-state index in [1.807, 2.05) is 0 Å². The second-order valence-corrected chi connectivity index (χ2v) is 6.87. The molecule has 0 bridgehead atoms. The summed E-state index contributed by atoms with van der Waals surface area (Å²) in [6, 6.07) is 13.8. The molecule has 5 nitrogen and oxygen atoms in total. The van der Waals surface area contributed by atoms with Crippen molar-refractivity contribution in [3.63, 3.8) is 0 Å². The van der Waals surface area contributed by atoms with Gasteiger partial charge in [-0.05, 0) is 42.2 Å². The first-order valence-electron chi connectivity index (χ1n) is 8.81. The number of nitrogens with zero attached hydrogens (tertiary/aromatic N) is 1. The van der Waals surface area contributed by atoms with Gasteiger partial charge in [0.25, 0.3) is 11.8 Å². The Morgan fingerprint density at radius 3 is 2.08 bits per heavy atom. The second kappa shape index (κ2) is 7.52. The molecule has 0 atom stereocenters. The Bertz CT molecular complexity index is 806. The van der Waals surface area contributed by atoms with Crippen LogP contribution in [-0.2, 0) is 11.2 Å². The van der Waals surface area contributed by atoms with E-state index in [1.54, 1.807) is 48.5 Å². The molecular formula is C21H22N2O3. The molecule has 1 aliphatic rings. The monoisotopic (exact) mass is 350 g/mol. The standard InChI is InChI=1S/C21H22N2O3/c1-14(2)11-12-22-19(24)13-15-7-9-16(10-8-15)23-20(25)17-5-3-4-6-18(17)21(23)26/h3-10,14H,11-13H2,1-2H3,(H,22,24). The summed E-state index contributed by atoms with van der Waals surface area (Å²) >= 11 is 0. The first-order chi connectivity index (χ1) is 12.5. The highest BCUT2D eigenvalue weighted by atomic mass is 16.2. The van der Waals surface area contributed by atoms with Gasteiger partial charge >= 0.3 is 0 Å². The molecule has 26 heavy (non-hydrogen) atoms. The molecule has 1 heterocycles. The van der Waals surface area contributed by atoms with Gasteiger partial charge in [0.1, 0.15) is 0 Å². The van der Waals surface area contributed by atoms with Crippen molar-refractivity contribution in [2.24, 2.45) is 5.92 Å². The van der Waals surface area contributed by atoms with Gasteiger partial charge in [0.15, 0.2) is 0 Å². The van der Waals surface area contributed by atoms with Gasteiger partial charge in [0.2, 0.25) is 5.91 Å². The lowest BCUT2D eigenvalue weighted by molar-refractivity contribution is -0.120. The van der Waals surface area contributed by atoms with E-state index in [-0.39, 0.29) is 24.1 Å². The summed E-state index contributed by atoms with van der Waals surface area (Å²) in [4.78, 5) is 38.1. The summed E-state index contributed by atoms with van der Waals surface area (Å²) in [5.74, 6) is -0.108. The molecule has 0 unspecified atom stereocenters. The van der Waals surface area contributed by atoms with E-state index >= 15 is 0 Å². The molecule has 3 amide bonds. The fourth-order valence-corrected chi connectivity index (χ4v) is 2.93. The van der Waals surface area contributed by atoms with Crippen molar-refractivity contribution < 1.29 is 14.4 Å². The molecular weight excluding hydrogens is 328 g/mol. The van der Waals surface area contributed by atoms with Crippen LogP contribution in [0.3, 0.4) is 0 Å². The molecule has 0 radical (unpaired) electrons. The van der Waals surface area contributed by atoms with Crippen molar-refractivity contribution in [2.75, 3.05) is 11.4 Å². The average molecular weight is 350 g/mol. The summed E-state index contributed by atoms with van der Waals surface area (Å²) in [5, 5.41) is 2.90. The molecule has 134 valence electrons. The van der Waals surface area contributed by atoms with Crippen LogP contribution in [0.25, 0.3) is 0 Å². The molecule has 0 aromatic heterocycles. The maximum atomic E-state index is 12.5. The van der Waals surface area contributed by atoms with Crippen molar-refractivity contribution in [3.05, 3.63) is 65.2 Å². The van der Waals surface area contributed by atoms with E-state index in [9.17, 15) is 14.4 Å². The number of amides is 3. The van der Waals surface area contributed by atoms with Crippen LogP contribution in [0.15, 0.2) is 48.5 Å². The van der Waals surface area contributed by atoms with Crippen molar-refractivity contribution in [1.82, 2.24) is 5.32 Å². The summed E-state index contributed by atoms with van der Waals surface area (Å²) in [6.07, 6.45) is 1.23. The second-order valence-electron chi connectivity index (χ2n) is 6.87. The normalized spacial score (nSPS) is 13.3. The molecule has 0 aliphatic carbocycles. The minimum absolute atomic E-state index is 0.0286. The first kappa shape index (κ1) is 17.9. The maximum Gasteiger partial charge on any atom is 0.266 e. The van der Waals surface area contributed by atoms with Crippen molar-refractivity contribution in [2.45, 2.75) is 26.7 Å². The number of carbonyl (C=O) groups is 3. The Balaban J connectivity index is 1.66. The van der Waals surface area contributed by atoms with Crippen molar-refractivity contribution >= 4 is 23.4 Å². The molecule has 0 saturated carbocycles. The fraction of sp³-hybridized carbons (Fsp3) is 0.286. The van der Waals surface area contributed by atoms with Crippen molar-refractivity contribution in [1.29, 1.82) is 0 Å². The smallest absolute Gasteiger partial charge is 0.266 e. The van der Waals surface area contributed by atoms with E-state index in [2.05, 4.69) is 19.2 Å². The number of rotatable bonds is 6. The topological polar surface area (TPSA) is 66.5 Å². The van der Waals surface area contributed by atoms with Gasteiger partial charge in [-0.2, -0.15) is 0 Å². The predicted octanol–water partition coefficient (Wildman–Crippen LogP) is 3.19. The van der Waals surface area contributed by atoms with E-state index in [0.717, 1.165) is 12.0 Å². The van der Waals surface area contributed by atoms with Gasteiger partial charge in [0, 0.05) is 6.54 Å². The van der Waals surface area contributed by atoms with E-state index in [0.29, 0.717) is 29.3 Å². The molecule has 0 fully saturated rings. The number of fused-ring (bicyclic) bond motifs is 1. The minimum Gasteiger partial charge on any atom is -0.356 e. The molecule has 0 saturated heterocycles. The van der Waals surface area contributed by atoms with Crippen LogP contribution in [0.1, 0.15) is 46.5 Å². The SMILES string of the molecule is CC(C)CCNC(=O)Cc1ccc(N2C(=O)c3ccccc3C2=O)cc1. The third-order valence-electron chi connectivity index (χ3n) is 4.40. The van der Waals surface area contributed by atoms with Gasteiger partial charge in [-0.25, -0.2) is 4.90 Å². The Morgan fingerprint density at radius 1 is 0.962 bits per heavy atom. The zero-order valence-electron chi connectivity index (χ0n) is 15.0. The molecule has 0 spiro atoms. The van der Waals surface area contributed by atoms with Crippen LogP contribution < -0.4 is 10.2 Å². The summed E-state index contributed by atoms with van der Waals surface area (Å²) in [5.41, 5.74) is 2.20. The molecule has 1 N–H and O–H groups in total. The van der Waals surface area contributed by atoms with Gasteiger partial charge < -0.3 is 5.32 Å². The van der Waals surface area contributed by atoms with E-state index in [4.69, 9.17) is 0 Å².